The topological polar surface area (TPSA) is 41.6 Å². The van der Waals surface area contributed by atoms with Crippen molar-refractivity contribution >= 4 is 5.91 Å². The molecule has 1 heterocycles. The Hall–Kier alpha value is -0.610. The van der Waals surface area contributed by atoms with Gasteiger partial charge in [-0.1, -0.05) is 13.8 Å². The van der Waals surface area contributed by atoms with E-state index in [1.165, 1.54) is 0 Å². The van der Waals surface area contributed by atoms with Crippen LogP contribution in [-0.2, 0) is 9.53 Å². The van der Waals surface area contributed by atoms with Crippen LogP contribution in [0.25, 0.3) is 0 Å². The van der Waals surface area contributed by atoms with E-state index in [4.69, 9.17) is 4.74 Å². The maximum atomic E-state index is 12.8. The van der Waals surface area contributed by atoms with Crippen molar-refractivity contribution in [1.29, 1.82) is 0 Å². The van der Waals surface area contributed by atoms with Gasteiger partial charge in [-0.15, -0.1) is 0 Å². The molecule has 1 N–H and O–H groups in total. The minimum Gasteiger partial charge on any atom is -0.378 e. The molecule has 0 aromatic rings. The normalized spacial score (nSPS) is 29.0. The highest BCUT2D eigenvalue weighted by molar-refractivity contribution is 5.79. The molecule has 0 aromatic heterocycles. The molecule has 0 aromatic carbocycles. The second kappa shape index (κ2) is 7.10. The molecular formula is C17H32N2O2. The predicted molar refractivity (Wildman–Crippen MR) is 85.2 cm³/mol. The number of nitrogens with one attached hydrogen (secondary N) is 1. The molecule has 0 unspecified atom stereocenters. The van der Waals surface area contributed by atoms with Crippen LogP contribution in [0, 0.1) is 11.3 Å². The fourth-order valence-electron chi connectivity index (χ4n) is 4.39. The van der Waals surface area contributed by atoms with Crippen molar-refractivity contribution in [3.8, 4) is 0 Å². The number of amides is 1. The Morgan fingerprint density at radius 1 is 1.24 bits per heavy atom. The maximum absolute atomic E-state index is 12.8. The summed E-state index contributed by atoms with van der Waals surface area (Å²) < 4.78 is 5.93. The fourth-order valence-corrected chi connectivity index (χ4v) is 4.39. The number of rotatable bonds is 6. The Kier molecular flexibility index (Phi) is 5.67. The first-order chi connectivity index (χ1) is 10.1. The van der Waals surface area contributed by atoms with Crippen LogP contribution in [0.1, 0.15) is 52.9 Å². The zero-order valence-corrected chi connectivity index (χ0v) is 14.2. The zero-order valence-electron chi connectivity index (χ0n) is 14.2. The molecule has 21 heavy (non-hydrogen) atoms. The van der Waals surface area contributed by atoms with Gasteiger partial charge in [-0.05, 0) is 52.1 Å². The molecule has 4 heteroatoms. The smallest absolute Gasteiger partial charge is 0.225 e. The van der Waals surface area contributed by atoms with Gasteiger partial charge in [0.25, 0.3) is 0 Å². The Bertz CT molecular complexity index is 349. The van der Waals surface area contributed by atoms with Gasteiger partial charge in [0.15, 0.2) is 0 Å². The molecule has 2 aliphatic rings. The highest BCUT2D eigenvalue weighted by atomic mass is 16.5. The molecule has 1 aliphatic heterocycles. The van der Waals surface area contributed by atoms with Crippen molar-refractivity contribution in [1.82, 2.24) is 10.2 Å². The van der Waals surface area contributed by atoms with E-state index in [2.05, 4.69) is 31.0 Å². The minimum absolute atomic E-state index is 0.160. The highest BCUT2D eigenvalue weighted by Crippen LogP contribution is 2.51. The summed E-state index contributed by atoms with van der Waals surface area (Å²) in [6, 6.07) is 0.353. The van der Waals surface area contributed by atoms with Gasteiger partial charge in [0, 0.05) is 31.0 Å². The molecule has 1 saturated heterocycles. The first-order valence-electron chi connectivity index (χ1n) is 8.69. The second-order valence-corrected chi connectivity index (χ2v) is 6.61. The Balaban J connectivity index is 2.04. The monoisotopic (exact) mass is 296 g/mol. The molecule has 122 valence electrons. The summed E-state index contributed by atoms with van der Waals surface area (Å²) in [6.45, 7) is 9.26. The SMILES string of the molecule is CCO[C@H]1C[C@@H](N(C)C(=O)C2CCNCC2)C1(CC)CC. The van der Waals surface area contributed by atoms with E-state index in [1.807, 2.05) is 7.05 Å². The van der Waals surface area contributed by atoms with E-state index in [9.17, 15) is 4.79 Å². The third-order valence-corrected chi connectivity index (χ3v) is 5.93. The van der Waals surface area contributed by atoms with Gasteiger partial charge in [-0.2, -0.15) is 0 Å². The summed E-state index contributed by atoms with van der Waals surface area (Å²) in [7, 11) is 2.01. The molecule has 0 radical (unpaired) electrons. The number of nitrogens with zero attached hydrogens (tertiary/aromatic N) is 1. The average Bonchev–Trinajstić information content (AvgIpc) is 2.52. The van der Waals surface area contributed by atoms with Crippen LogP contribution in [0.4, 0.5) is 0 Å². The van der Waals surface area contributed by atoms with Crippen molar-refractivity contribution in [2.75, 3.05) is 26.7 Å². The Morgan fingerprint density at radius 3 is 2.38 bits per heavy atom. The molecule has 0 spiro atoms. The number of hydrogen-bond donors (Lipinski definition) is 1. The van der Waals surface area contributed by atoms with Gasteiger partial charge < -0.3 is 15.0 Å². The standard InChI is InChI=1S/C17H32N2O2/c1-5-17(6-2)14(12-15(17)21-7-3)19(4)16(20)13-8-10-18-11-9-13/h13-15,18H,5-12H2,1-4H3/t14-,15+/m1/s1. The van der Waals surface area contributed by atoms with Crippen LogP contribution in [0.3, 0.4) is 0 Å². The molecule has 2 atom stereocenters. The first-order valence-corrected chi connectivity index (χ1v) is 8.69. The van der Waals surface area contributed by atoms with Gasteiger partial charge in [0.05, 0.1) is 6.10 Å². The Morgan fingerprint density at radius 2 is 1.86 bits per heavy atom. The highest BCUT2D eigenvalue weighted by Gasteiger charge is 2.56. The largest absolute Gasteiger partial charge is 0.378 e. The van der Waals surface area contributed by atoms with Gasteiger partial charge in [0.2, 0.25) is 5.91 Å². The van der Waals surface area contributed by atoms with E-state index < -0.39 is 0 Å². The summed E-state index contributed by atoms with van der Waals surface area (Å²) in [5, 5.41) is 3.34. The third kappa shape index (κ3) is 2.98. The lowest BCUT2D eigenvalue weighted by Gasteiger charge is -2.58. The maximum Gasteiger partial charge on any atom is 0.225 e. The zero-order chi connectivity index (χ0) is 15.5. The van der Waals surface area contributed by atoms with Crippen molar-refractivity contribution in [3.63, 3.8) is 0 Å². The van der Waals surface area contributed by atoms with E-state index in [0.717, 1.165) is 51.8 Å². The lowest BCUT2D eigenvalue weighted by atomic mass is 9.58. The van der Waals surface area contributed by atoms with Gasteiger partial charge in [-0.25, -0.2) is 0 Å². The van der Waals surface area contributed by atoms with Crippen LogP contribution in [0.15, 0.2) is 0 Å². The van der Waals surface area contributed by atoms with E-state index >= 15 is 0 Å². The van der Waals surface area contributed by atoms with Crippen LogP contribution in [0.5, 0.6) is 0 Å². The van der Waals surface area contributed by atoms with Crippen molar-refractivity contribution in [2.24, 2.45) is 11.3 Å². The number of hydrogen-bond acceptors (Lipinski definition) is 3. The summed E-state index contributed by atoms with van der Waals surface area (Å²) in [6.07, 6.45) is 5.46. The van der Waals surface area contributed by atoms with E-state index in [1.54, 1.807) is 0 Å². The quantitative estimate of drug-likeness (QED) is 0.818. The third-order valence-electron chi connectivity index (χ3n) is 5.93. The second-order valence-electron chi connectivity index (χ2n) is 6.61. The molecule has 0 bridgehead atoms. The van der Waals surface area contributed by atoms with Crippen LogP contribution in [0.2, 0.25) is 0 Å². The predicted octanol–water partition coefficient (Wildman–Crippen LogP) is 2.43. The number of ether oxygens (including phenoxy) is 1. The van der Waals surface area contributed by atoms with Crippen molar-refractivity contribution in [2.45, 2.75) is 65.0 Å². The van der Waals surface area contributed by atoms with Gasteiger partial charge in [-0.3, -0.25) is 4.79 Å². The number of carbonyl (C=O) groups excluding carboxylic acids is 1. The summed E-state index contributed by atoms with van der Waals surface area (Å²) in [4.78, 5) is 14.8. The Labute approximate surface area is 129 Å². The van der Waals surface area contributed by atoms with Crippen molar-refractivity contribution < 1.29 is 9.53 Å². The molecule has 2 fully saturated rings. The van der Waals surface area contributed by atoms with Crippen molar-refractivity contribution in [3.05, 3.63) is 0 Å². The van der Waals surface area contributed by atoms with Crippen LogP contribution in [-0.4, -0.2) is 49.7 Å². The summed E-state index contributed by atoms with van der Waals surface area (Å²) >= 11 is 0. The fraction of sp³-hybridized carbons (Fsp3) is 0.941. The van der Waals surface area contributed by atoms with Gasteiger partial charge in [0.1, 0.15) is 0 Å². The van der Waals surface area contributed by atoms with Crippen LogP contribution >= 0.6 is 0 Å². The molecule has 1 aliphatic carbocycles. The number of piperidine rings is 1. The van der Waals surface area contributed by atoms with Gasteiger partial charge >= 0.3 is 0 Å². The number of carbonyl (C=O) groups is 1. The van der Waals surface area contributed by atoms with Crippen LogP contribution < -0.4 is 5.32 Å². The van der Waals surface area contributed by atoms with E-state index in [-0.39, 0.29) is 11.3 Å². The first kappa shape index (κ1) is 16.8. The molecule has 2 rings (SSSR count). The molecule has 1 saturated carbocycles. The summed E-state index contributed by atoms with van der Waals surface area (Å²) in [5.41, 5.74) is 0.160. The molecular weight excluding hydrogens is 264 g/mol. The van der Waals surface area contributed by atoms with E-state index in [0.29, 0.717) is 18.1 Å². The molecule has 1 amide bonds. The lowest BCUT2D eigenvalue weighted by Crippen LogP contribution is -2.65. The molecule has 4 nitrogen and oxygen atoms in total. The summed E-state index contributed by atoms with van der Waals surface area (Å²) in [5.74, 6) is 0.566. The minimum atomic E-state index is 0.160. The average molecular weight is 296 g/mol. The lowest BCUT2D eigenvalue weighted by molar-refractivity contribution is -0.179.